The van der Waals surface area contributed by atoms with Gasteiger partial charge in [0, 0.05) is 10.6 Å². The molecular weight excluding hydrogens is 271 g/mol. The topological polar surface area (TPSA) is 58.0 Å². The first-order valence-electron chi connectivity index (χ1n) is 5.49. The summed E-state index contributed by atoms with van der Waals surface area (Å²) in [6.45, 7) is 0. The third kappa shape index (κ3) is 3.43. The molecule has 0 saturated carbocycles. The highest BCUT2D eigenvalue weighted by Crippen LogP contribution is 2.31. The van der Waals surface area contributed by atoms with E-state index in [2.05, 4.69) is 10.0 Å². The number of nitrogens with zero attached hydrogens (tertiary/aromatic N) is 3. The van der Waals surface area contributed by atoms with Gasteiger partial charge >= 0.3 is 6.18 Å². The normalized spacial score (nSPS) is 10.8. The molecule has 0 aliphatic rings. The third-order valence-corrected chi connectivity index (χ3v) is 2.41. The van der Waals surface area contributed by atoms with Gasteiger partial charge in [0.25, 0.3) is 0 Å². The maximum atomic E-state index is 12.4. The lowest BCUT2D eigenvalue weighted by Crippen LogP contribution is -2.03. The summed E-state index contributed by atoms with van der Waals surface area (Å²) in [5.41, 5.74) is 7.94. The Bertz CT molecular complexity index is 629. The van der Waals surface area contributed by atoms with Crippen molar-refractivity contribution in [2.75, 3.05) is 0 Å². The predicted molar refractivity (Wildman–Crippen MR) is 66.8 cm³/mol. The molecule has 0 aromatic heterocycles. The minimum atomic E-state index is -4.37. The lowest BCUT2D eigenvalue weighted by atomic mass is 10.2. The van der Waals surface area contributed by atoms with Crippen LogP contribution in [0.2, 0.25) is 0 Å². The highest BCUT2D eigenvalue weighted by molar-refractivity contribution is 5.42. The zero-order chi connectivity index (χ0) is 14.6. The van der Waals surface area contributed by atoms with Crippen LogP contribution in [0.1, 0.15) is 5.56 Å². The molecular formula is C13H8F3N3O. The van der Waals surface area contributed by atoms with Crippen LogP contribution in [0.4, 0.5) is 18.9 Å². The largest absolute Gasteiger partial charge is 0.457 e. The Morgan fingerprint density at radius 1 is 0.900 bits per heavy atom. The second kappa shape index (κ2) is 5.54. The Balaban J connectivity index is 2.12. The summed E-state index contributed by atoms with van der Waals surface area (Å²) in [7, 11) is 0. The van der Waals surface area contributed by atoms with E-state index in [-0.39, 0.29) is 5.75 Å². The molecule has 0 fully saturated rings. The Labute approximate surface area is 112 Å². The molecule has 0 unspecified atom stereocenters. The van der Waals surface area contributed by atoms with E-state index in [0.717, 1.165) is 12.1 Å². The maximum absolute atomic E-state index is 12.4. The van der Waals surface area contributed by atoms with Crippen LogP contribution in [0.5, 0.6) is 11.5 Å². The maximum Gasteiger partial charge on any atom is 0.416 e. The molecule has 4 nitrogen and oxygen atoms in total. The Kier molecular flexibility index (Phi) is 3.81. The van der Waals surface area contributed by atoms with Crippen LogP contribution in [-0.2, 0) is 6.18 Å². The molecule has 0 bridgehead atoms. The number of ether oxygens (including phenoxy) is 1. The second-order valence-corrected chi connectivity index (χ2v) is 3.81. The minimum absolute atomic E-state index is 0.287. The van der Waals surface area contributed by atoms with Crippen molar-refractivity contribution in [3.63, 3.8) is 0 Å². The van der Waals surface area contributed by atoms with Crippen molar-refractivity contribution in [3.8, 4) is 11.5 Å². The molecule has 102 valence electrons. The molecule has 0 saturated heterocycles. The van der Waals surface area contributed by atoms with Gasteiger partial charge in [-0.2, -0.15) is 13.2 Å². The van der Waals surface area contributed by atoms with Crippen molar-refractivity contribution in [2.45, 2.75) is 6.18 Å². The number of azide groups is 1. The molecule has 2 aromatic carbocycles. The molecule has 0 heterocycles. The van der Waals surface area contributed by atoms with E-state index in [0.29, 0.717) is 11.4 Å². The van der Waals surface area contributed by atoms with Gasteiger partial charge in [-0.25, -0.2) is 0 Å². The summed E-state index contributed by atoms with van der Waals surface area (Å²) < 4.78 is 42.5. The van der Waals surface area contributed by atoms with Crippen molar-refractivity contribution in [1.29, 1.82) is 0 Å². The van der Waals surface area contributed by atoms with Gasteiger partial charge in [0.05, 0.1) is 5.56 Å². The molecule has 0 aliphatic heterocycles. The van der Waals surface area contributed by atoms with E-state index >= 15 is 0 Å². The van der Waals surface area contributed by atoms with E-state index in [1.807, 2.05) is 0 Å². The zero-order valence-electron chi connectivity index (χ0n) is 10.0. The van der Waals surface area contributed by atoms with Crippen LogP contribution in [-0.4, -0.2) is 0 Å². The monoisotopic (exact) mass is 279 g/mol. The van der Waals surface area contributed by atoms with E-state index in [9.17, 15) is 13.2 Å². The molecule has 0 amide bonds. The fourth-order valence-electron chi connectivity index (χ4n) is 1.48. The van der Waals surface area contributed by atoms with Crippen LogP contribution in [0.25, 0.3) is 10.4 Å². The lowest BCUT2D eigenvalue weighted by Gasteiger charge is -2.09. The van der Waals surface area contributed by atoms with Crippen molar-refractivity contribution in [2.24, 2.45) is 5.11 Å². The first-order valence-corrected chi connectivity index (χ1v) is 5.49. The number of halogens is 3. The SMILES string of the molecule is [N-]=[N+]=Nc1ccc(Oc2ccc(C(F)(F)F)cc2)cc1. The summed E-state index contributed by atoms with van der Waals surface area (Å²) >= 11 is 0. The minimum Gasteiger partial charge on any atom is -0.457 e. The van der Waals surface area contributed by atoms with Crippen molar-refractivity contribution in [1.82, 2.24) is 0 Å². The van der Waals surface area contributed by atoms with Crippen LogP contribution < -0.4 is 4.74 Å². The predicted octanol–water partition coefficient (Wildman–Crippen LogP) is 5.44. The Hall–Kier alpha value is -2.66. The van der Waals surface area contributed by atoms with Crippen LogP contribution in [0, 0.1) is 0 Å². The molecule has 0 radical (unpaired) electrons. The Morgan fingerprint density at radius 2 is 1.40 bits per heavy atom. The van der Waals surface area contributed by atoms with Crippen LogP contribution >= 0.6 is 0 Å². The number of alkyl halides is 3. The standard InChI is InChI=1S/C13H8F3N3O/c14-13(15,16)9-1-5-11(6-2-9)20-12-7-3-10(4-8-12)18-19-17/h1-8H. The highest BCUT2D eigenvalue weighted by Gasteiger charge is 2.29. The number of rotatable bonds is 3. The summed E-state index contributed by atoms with van der Waals surface area (Å²) in [5.74, 6) is 0.719. The van der Waals surface area contributed by atoms with Gasteiger partial charge in [-0.1, -0.05) is 5.11 Å². The van der Waals surface area contributed by atoms with Gasteiger partial charge in [0.1, 0.15) is 11.5 Å². The van der Waals surface area contributed by atoms with Gasteiger partial charge < -0.3 is 4.74 Å². The van der Waals surface area contributed by atoms with E-state index in [1.165, 1.54) is 12.1 Å². The number of hydrogen-bond acceptors (Lipinski definition) is 2. The first-order chi connectivity index (χ1) is 9.49. The van der Waals surface area contributed by atoms with E-state index in [1.54, 1.807) is 24.3 Å². The third-order valence-electron chi connectivity index (χ3n) is 2.41. The average molecular weight is 279 g/mol. The number of hydrogen-bond donors (Lipinski definition) is 0. The highest BCUT2D eigenvalue weighted by atomic mass is 19.4. The van der Waals surface area contributed by atoms with Gasteiger partial charge in [-0.3, -0.25) is 0 Å². The average Bonchev–Trinajstić information content (AvgIpc) is 2.41. The Morgan fingerprint density at radius 3 is 1.85 bits per heavy atom. The first kappa shape index (κ1) is 13.8. The zero-order valence-corrected chi connectivity index (χ0v) is 10.0. The summed E-state index contributed by atoms with van der Waals surface area (Å²) in [6.07, 6.45) is -4.37. The van der Waals surface area contributed by atoms with E-state index < -0.39 is 11.7 Å². The molecule has 0 spiro atoms. The lowest BCUT2D eigenvalue weighted by molar-refractivity contribution is -0.137. The quantitative estimate of drug-likeness (QED) is 0.419. The molecule has 7 heteroatoms. The number of benzene rings is 2. The van der Waals surface area contributed by atoms with Gasteiger partial charge in [-0.05, 0) is 54.1 Å². The molecule has 2 aromatic rings. The van der Waals surface area contributed by atoms with Crippen LogP contribution in [0.3, 0.4) is 0 Å². The summed E-state index contributed by atoms with van der Waals surface area (Å²) in [5, 5.41) is 3.39. The van der Waals surface area contributed by atoms with Crippen molar-refractivity contribution < 1.29 is 17.9 Å². The molecule has 0 aliphatic carbocycles. The fraction of sp³-hybridized carbons (Fsp3) is 0.0769. The summed E-state index contributed by atoms with van der Waals surface area (Å²) in [4.78, 5) is 2.63. The molecule has 0 atom stereocenters. The molecule has 2 rings (SSSR count). The molecule has 20 heavy (non-hydrogen) atoms. The van der Waals surface area contributed by atoms with Crippen molar-refractivity contribution >= 4 is 5.69 Å². The van der Waals surface area contributed by atoms with E-state index in [4.69, 9.17) is 10.3 Å². The smallest absolute Gasteiger partial charge is 0.416 e. The van der Waals surface area contributed by atoms with Gasteiger partial charge in [0.2, 0.25) is 0 Å². The second-order valence-electron chi connectivity index (χ2n) is 3.81. The fourth-order valence-corrected chi connectivity index (χ4v) is 1.48. The van der Waals surface area contributed by atoms with Crippen LogP contribution in [0.15, 0.2) is 53.6 Å². The van der Waals surface area contributed by atoms with Gasteiger partial charge in [0.15, 0.2) is 0 Å². The molecule has 0 N–H and O–H groups in total. The van der Waals surface area contributed by atoms with Crippen molar-refractivity contribution in [3.05, 3.63) is 64.5 Å². The summed E-state index contributed by atoms with van der Waals surface area (Å²) in [6, 6.07) is 10.6. The van der Waals surface area contributed by atoms with Gasteiger partial charge in [-0.15, -0.1) is 0 Å².